The topological polar surface area (TPSA) is 51.1 Å². The van der Waals surface area contributed by atoms with Gasteiger partial charge in [0.2, 0.25) is 5.91 Å². The lowest BCUT2D eigenvalue weighted by molar-refractivity contribution is -0.116. The van der Waals surface area contributed by atoms with Crippen molar-refractivity contribution in [3.63, 3.8) is 0 Å². The first kappa shape index (κ1) is 16.0. The van der Waals surface area contributed by atoms with Gasteiger partial charge >= 0.3 is 0 Å². The lowest BCUT2D eigenvalue weighted by Crippen LogP contribution is -2.20. The highest BCUT2D eigenvalue weighted by molar-refractivity contribution is 5.92. The summed E-state index contributed by atoms with van der Waals surface area (Å²) in [5.74, 6) is -0.118. The molecule has 4 heteroatoms. The number of hydrogen-bond donors (Lipinski definition) is 1. The molecule has 1 heterocycles. The highest BCUT2D eigenvalue weighted by atomic mass is 16.2. The van der Waals surface area contributed by atoms with Crippen LogP contribution in [0.2, 0.25) is 0 Å². The zero-order chi connectivity index (χ0) is 17.3. The molecule has 24 heavy (non-hydrogen) atoms. The lowest BCUT2D eigenvalue weighted by atomic mass is 10.1. The Hall–Kier alpha value is -2.88. The van der Waals surface area contributed by atoms with E-state index in [0.717, 1.165) is 27.9 Å². The van der Waals surface area contributed by atoms with Gasteiger partial charge in [-0.25, -0.2) is 0 Å². The predicted molar refractivity (Wildman–Crippen MR) is 97.5 cm³/mol. The summed E-state index contributed by atoms with van der Waals surface area (Å²) in [7, 11) is 0. The number of carbonyl (C=O) groups is 1. The van der Waals surface area contributed by atoms with Crippen molar-refractivity contribution in [2.75, 3.05) is 5.32 Å². The fraction of sp³-hybridized carbons (Fsp3) is 0.200. The van der Waals surface area contributed by atoms with Crippen LogP contribution in [0.4, 0.5) is 5.69 Å². The molecule has 0 aliphatic carbocycles. The zero-order valence-electron chi connectivity index (χ0n) is 14.1. The monoisotopic (exact) mass is 320 g/mol. The molecule has 0 saturated carbocycles. The first-order valence-electron chi connectivity index (χ1n) is 7.91. The number of amides is 1. The Labute approximate surface area is 140 Å². The van der Waals surface area contributed by atoms with E-state index in [1.807, 2.05) is 57.2 Å². The Bertz CT molecular complexity index is 987. The molecule has 0 aliphatic rings. The maximum Gasteiger partial charge on any atom is 0.244 e. The highest BCUT2D eigenvalue weighted by Crippen LogP contribution is 2.17. The molecule has 0 saturated heterocycles. The molecule has 1 aromatic heterocycles. The van der Waals surface area contributed by atoms with Crippen molar-refractivity contribution >= 4 is 22.5 Å². The third-order valence-corrected chi connectivity index (χ3v) is 4.10. The van der Waals surface area contributed by atoms with E-state index < -0.39 is 0 Å². The average Bonchev–Trinajstić information content (AvgIpc) is 2.53. The van der Waals surface area contributed by atoms with E-state index in [4.69, 9.17) is 0 Å². The van der Waals surface area contributed by atoms with E-state index in [2.05, 4.69) is 5.32 Å². The predicted octanol–water partition coefficient (Wildman–Crippen LogP) is 3.57. The quantitative estimate of drug-likeness (QED) is 0.802. The van der Waals surface area contributed by atoms with E-state index in [1.165, 1.54) is 6.07 Å². The average molecular weight is 320 g/mol. The fourth-order valence-corrected chi connectivity index (χ4v) is 2.86. The molecule has 1 N–H and O–H groups in total. The van der Waals surface area contributed by atoms with Gasteiger partial charge in [0.1, 0.15) is 6.54 Å². The molecule has 0 aliphatic heterocycles. The minimum atomic E-state index is -0.118. The molecule has 1 amide bonds. The van der Waals surface area contributed by atoms with Gasteiger partial charge < -0.3 is 9.88 Å². The summed E-state index contributed by atoms with van der Waals surface area (Å²) < 4.78 is 1.80. The molecule has 3 rings (SSSR count). The summed E-state index contributed by atoms with van der Waals surface area (Å²) in [5, 5.41) is 3.57. The van der Waals surface area contributed by atoms with Crippen LogP contribution < -0.4 is 10.7 Å². The van der Waals surface area contributed by atoms with Crippen molar-refractivity contribution in [3.8, 4) is 0 Å². The molecule has 3 aromatic rings. The van der Waals surface area contributed by atoms with Crippen LogP contribution in [0, 0.1) is 20.8 Å². The number of hydrogen-bond acceptors (Lipinski definition) is 2. The van der Waals surface area contributed by atoms with Crippen molar-refractivity contribution in [2.24, 2.45) is 0 Å². The van der Waals surface area contributed by atoms with Gasteiger partial charge in [0, 0.05) is 23.3 Å². The second-order valence-electron chi connectivity index (χ2n) is 6.20. The number of aromatic nitrogens is 1. The maximum absolute atomic E-state index is 12.4. The first-order valence-corrected chi connectivity index (χ1v) is 7.91. The number of benzene rings is 2. The van der Waals surface area contributed by atoms with Gasteiger partial charge in [-0.3, -0.25) is 9.59 Å². The highest BCUT2D eigenvalue weighted by Gasteiger charge is 2.09. The van der Waals surface area contributed by atoms with Crippen LogP contribution in [0.25, 0.3) is 10.9 Å². The molecule has 0 bridgehead atoms. The summed E-state index contributed by atoms with van der Waals surface area (Å²) in [6.07, 6.45) is 1.67. The second-order valence-corrected chi connectivity index (χ2v) is 6.20. The molecule has 2 aromatic carbocycles. The number of pyridine rings is 1. The van der Waals surface area contributed by atoms with Crippen LogP contribution in [0.1, 0.15) is 16.7 Å². The first-order chi connectivity index (χ1) is 11.4. The summed E-state index contributed by atoms with van der Waals surface area (Å²) in [4.78, 5) is 24.4. The second kappa shape index (κ2) is 6.32. The van der Waals surface area contributed by atoms with Gasteiger partial charge in [-0.2, -0.15) is 0 Å². The molecular formula is C20H20N2O2. The number of fused-ring (bicyclic) bond motifs is 1. The fourth-order valence-electron chi connectivity index (χ4n) is 2.86. The molecule has 0 atom stereocenters. The van der Waals surface area contributed by atoms with Crippen molar-refractivity contribution in [1.29, 1.82) is 0 Å². The molecule has 122 valence electrons. The Morgan fingerprint density at radius 2 is 1.71 bits per heavy atom. The number of rotatable bonds is 3. The lowest BCUT2D eigenvalue weighted by Gasteiger charge is -2.13. The van der Waals surface area contributed by atoms with Crippen LogP contribution >= 0.6 is 0 Å². The van der Waals surface area contributed by atoms with Gasteiger partial charge in [-0.1, -0.05) is 29.3 Å². The molecule has 4 nitrogen and oxygen atoms in total. The van der Waals surface area contributed by atoms with Gasteiger partial charge in [-0.15, -0.1) is 0 Å². The van der Waals surface area contributed by atoms with Crippen LogP contribution in [0.3, 0.4) is 0 Å². The van der Waals surface area contributed by atoms with Crippen molar-refractivity contribution < 1.29 is 4.79 Å². The molecule has 0 spiro atoms. The number of anilines is 1. The molecule has 0 radical (unpaired) electrons. The number of nitrogens with zero attached hydrogens (tertiary/aromatic N) is 1. The summed E-state index contributed by atoms with van der Waals surface area (Å²) >= 11 is 0. The maximum atomic E-state index is 12.4. The van der Waals surface area contributed by atoms with Crippen molar-refractivity contribution in [2.45, 2.75) is 27.3 Å². The Kier molecular flexibility index (Phi) is 4.21. The molecule has 0 unspecified atom stereocenters. The van der Waals surface area contributed by atoms with Crippen LogP contribution in [-0.2, 0) is 11.3 Å². The number of nitrogens with one attached hydrogen (secondary N) is 1. The van der Waals surface area contributed by atoms with E-state index >= 15 is 0 Å². The van der Waals surface area contributed by atoms with Crippen LogP contribution in [0.15, 0.2) is 53.5 Å². The molecule has 0 fully saturated rings. The van der Waals surface area contributed by atoms with Gasteiger partial charge in [-0.05, 0) is 44.5 Å². The largest absolute Gasteiger partial charge is 0.338 e. The summed E-state index contributed by atoms with van der Waals surface area (Å²) in [6, 6.07) is 13.1. The minimum Gasteiger partial charge on any atom is -0.338 e. The summed E-state index contributed by atoms with van der Waals surface area (Å²) in [6.45, 7) is 6.10. The van der Waals surface area contributed by atoms with Gasteiger partial charge in [0.05, 0.1) is 5.52 Å². The number of carbonyl (C=O) groups excluding carboxylic acids is 1. The van der Waals surface area contributed by atoms with E-state index in [-0.39, 0.29) is 17.9 Å². The zero-order valence-corrected chi connectivity index (χ0v) is 14.1. The number of aryl methyl sites for hydroxylation is 3. The minimum absolute atomic E-state index is 0.0280. The van der Waals surface area contributed by atoms with Crippen molar-refractivity contribution in [3.05, 3.63) is 75.6 Å². The van der Waals surface area contributed by atoms with Crippen LogP contribution in [-0.4, -0.2) is 10.5 Å². The Morgan fingerprint density at radius 1 is 1.00 bits per heavy atom. The van der Waals surface area contributed by atoms with E-state index in [9.17, 15) is 9.59 Å². The standard InChI is InChI=1S/C20H20N2O2/c1-13-4-6-17(15(3)10-13)21-20(24)12-22-9-8-19(23)16-11-14(2)5-7-18(16)22/h4-11H,12H2,1-3H3,(H,21,24). The third-order valence-electron chi connectivity index (χ3n) is 4.10. The van der Waals surface area contributed by atoms with E-state index in [0.29, 0.717) is 5.39 Å². The third kappa shape index (κ3) is 3.23. The SMILES string of the molecule is Cc1ccc(NC(=O)Cn2ccc(=O)c3cc(C)ccc32)c(C)c1. The van der Waals surface area contributed by atoms with Crippen molar-refractivity contribution in [1.82, 2.24) is 4.57 Å². The van der Waals surface area contributed by atoms with E-state index in [1.54, 1.807) is 10.8 Å². The smallest absolute Gasteiger partial charge is 0.244 e. The van der Waals surface area contributed by atoms with Gasteiger partial charge in [0.15, 0.2) is 5.43 Å². The van der Waals surface area contributed by atoms with Gasteiger partial charge in [0.25, 0.3) is 0 Å². The summed E-state index contributed by atoms with van der Waals surface area (Å²) in [5.41, 5.74) is 4.77. The molecular weight excluding hydrogens is 300 g/mol. The van der Waals surface area contributed by atoms with Crippen LogP contribution in [0.5, 0.6) is 0 Å². The Balaban J connectivity index is 1.88. The Morgan fingerprint density at radius 3 is 2.46 bits per heavy atom. The normalized spacial score (nSPS) is 10.8.